The van der Waals surface area contributed by atoms with Gasteiger partial charge in [-0.15, -0.1) is 12.4 Å². The van der Waals surface area contributed by atoms with Crippen molar-refractivity contribution in [1.29, 1.82) is 0 Å². The number of anilines is 1. The minimum absolute atomic E-state index is 0. The van der Waals surface area contributed by atoms with Crippen molar-refractivity contribution in [1.82, 2.24) is 9.80 Å². The number of carboxylic acid groups (broad SMARTS) is 1. The molecule has 1 saturated heterocycles. The Bertz CT molecular complexity index is 666. The van der Waals surface area contributed by atoms with Gasteiger partial charge in [0.05, 0.1) is 26.3 Å². The van der Waals surface area contributed by atoms with Crippen LogP contribution in [0.2, 0.25) is 0 Å². The van der Waals surface area contributed by atoms with Crippen molar-refractivity contribution in [2.45, 2.75) is 32.7 Å². The predicted molar refractivity (Wildman–Crippen MR) is 114 cm³/mol. The highest BCUT2D eigenvalue weighted by Crippen LogP contribution is 2.30. The van der Waals surface area contributed by atoms with Gasteiger partial charge in [0.2, 0.25) is 5.91 Å². The summed E-state index contributed by atoms with van der Waals surface area (Å²) in [6, 6.07) is 5.63. The SMILES string of the molecule is CCOc1ccc(NC(=O)CN2CCC(N(C)CC(=O)O)CC2)cc1OCC.Cl. The first-order chi connectivity index (χ1) is 13.4. The lowest BCUT2D eigenvalue weighted by Gasteiger charge is -2.35. The van der Waals surface area contributed by atoms with Crippen LogP contribution in [0.25, 0.3) is 0 Å². The van der Waals surface area contributed by atoms with Crippen LogP contribution in [-0.2, 0) is 9.59 Å². The Morgan fingerprint density at radius 3 is 2.38 bits per heavy atom. The van der Waals surface area contributed by atoms with E-state index in [4.69, 9.17) is 14.6 Å². The fourth-order valence-electron chi connectivity index (χ4n) is 3.39. The number of halogens is 1. The van der Waals surface area contributed by atoms with E-state index in [0.29, 0.717) is 36.9 Å². The average Bonchev–Trinajstić information content (AvgIpc) is 2.64. The van der Waals surface area contributed by atoms with E-state index in [0.717, 1.165) is 25.9 Å². The van der Waals surface area contributed by atoms with Gasteiger partial charge in [-0.3, -0.25) is 19.4 Å². The van der Waals surface area contributed by atoms with Crippen molar-refractivity contribution in [3.63, 3.8) is 0 Å². The van der Waals surface area contributed by atoms with Gasteiger partial charge in [-0.2, -0.15) is 0 Å². The lowest BCUT2D eigenvalue weighted by Crippen LogP contribution is -2.46. The van der Waals surface area contributed by atoms with Crippen LogP contribution in [0.5, 0.6) is 11.5 Å². The summed E-state index contributed by atoms with van der Waals surface area (Å²) in [7, 11) is 1.84. The first-order valence-electron chi connectivity index (χ1n) is 9.76. The third-order valence-electron chi connectivity index (χ3n) is 4.76. The number of nitrogens with zero attached hydrogens (tertiary/aromatic N) is 2. The molecule has 29 heavy (non-hydrogen) atoms. The quantitative estimate of drug-likeness (QED) is 0.589. The molecule has 0 unspecified atom stereocenters. The normalized spacial score (nSPS) is 14.9. The van der Waals surface area contributed by atoms with Crippen LogP contribution >= 0.6 is 12.4 Å². The highest BCUT2D eigenvalue weighted by Gasteiger charge is 2.24. The molecule has 164 valence electrons. The van der Waals surface area contributed by atoms with Crippen molar-refractivity contribution in [3.8, 4) is 11.5 Å². The molecule has 0 aromatic heterocycles. The van der Waals surface area contributed by atoms with Crippen molar-refractivity contribution in [3.05, 3.63) is 18.2 Å². The Morgan fingerprint density at radius 1 is 1.17 bits per heavy atom. The second-order valence-corrected chi connectivity index (χ2v) is 6.89. The van der Waals surface area contributed by atoms with Crippen LogP contribution < -0.4 is 14.8 Å². The first kappa shape index (κ1) is 25.0. The van der Waals surface area contributed by atoms with Crippen LogP contribution in [0.1, 0.15) is 26.7 Å². The van der Waals surface area contributed by atoms with E-state index in [-0.39, 0.29) is 30.9 Å². The molecule has 8 nitrogen and oxygen atoms in total. The number of likely N-dealkylation sites (N-methyl/N-ethyl adjacent to an activating group) is 1. The fraction of sp³-hybridized carbons (Fsp3) is 0.600. The topological polar surface area (TPSA) is 91.3 Å². The number of hydrogen-bond acceptors (Lipinski definition) is 6. The molecule has 9 heteroatoms. The highest BCUT2D eigenvalue weighted by molar-refractivity contribution is 5.92. The maximum Gasteiger partial charge on any atom is 0.317 e. The first-order valence-corrected chi connectivity index (χ1v) is 9.76. The minimum Gasteiger partial charge on any atom is -0.490 e. The van der Waals surface area contributed by atoms with Crippen LogP contribution in [0.3, 0.4) is 0 Å². The van der Waals surface area contributed by atoms with Gasteiger partial charge in [-0.1, -0.05) is 0 Å². The molecule has 0 bridgehead atoms. The standard InChI is InChI=1S/C20H31N3O5.ClH/c1-4-27-17-7-6-15(12-18(17)28-5-2)21-19(24)13-23-10-8-16(9-11-23)22(3)14-20(25)26;/h6-7,12,16H,4-5,8-11,13-14H2,1-3H3,(H,21,24)(H,25,26);1H. The Labute approximate surface area is 178 Å². The molecule has 1 aliphatic rings. The molecular weight excluding hydrogens is 398 g/mol. The number of amides is 1. The van der Waals surface area contributed by atoms with Gasteiger partial charge in [0.1, 0.15) is 0 Å². The van der Waals surface area contributed by atoms with E-state index in [2.05, 4.69) is 10.2 Å². The number of aliphatic carboxylic acids is 1. The number of nitrogens with one attached hydrogen (secondary N) is 1. The van der Waals surface area contributed by atoms with Gasteiger partial charge in [0.15, 0.2) is 11.5 Å². The second-order valence-electron chi connectivity index (χ2n) is 6.89. The summed E-state index contributed by atoms with van der Waals surface area (Å²) in [5.74, 6) is 0.384. The van der Waals surface area contributed by atoms with E-state index in [1.807, 2.05) is 25.8 Å². The third-order valence-corrected chi connectivity index (χ3v) is 4.76. The molecular formula is C20H32ClN3O5. The molecule has 2 N–H and O–H groups in total. The Morgan fingerprint density at radius 2 is 1.79 bits per heavy atom. The van der Waals surface area contributed by atoms with Crippen LogP contribution in [0.4, 0.5) is 5.69 Å². The molecule has 2 rings (SSSR count). The lowest BCUT2D eigenvalue weighted by molar-refractivity contribution is -0.138. The number of carboxylic acids is 1. The lowest BCUT2D eigenvalue weighted by atomic mass is 10.0. The van der Waals surface area contributed by atoms with Gasteiger partial charge >= 0.3 is 5.97 Å². The molecule has 1 aliphatic heterocycles. The van der Waals surface area contributed by atoms with Crippen LogP contribution in [0, 0.1) is 0 Å². The zero-order valence-corrected chi connectivity index (χ0v) is 18.2. The van der Waals surface area contributed by atoms with Crippen molar-refractivity contribution < 1.29 is 24.2 Å². The number of likely N-dealkylation sites (tertiary alicyclic amines) is 1. The van der Waals surface area contributed by atoms with Gasteiger partial charge in [-0.25, -0.2) is 0 Å². The number of carbonyl (C=O) groups is 2. The number of carbonyl (C=O) groups excluding carboxylic acids is 1. The van der Waals surface area contributed by atoms with E-state index in [9.17, 15) is 9.59 Å². The monoisotopic (exact) mass is 429 g/mol. The largest absolute Gasteiger partial charge is 0.490 e. The summed E-state index contributed by atoms with van der Waals surface area (Å²) in [4.78, 5) is 27.2. The van der Waals surface area contributed by atoms with Gasteiger partial charge < -0.3 is 19.9 Å². The average molecular weight is 430 g/mol. The van der Waals surface area contributed by atoms with Crippen LogP contribution in [0.15, 0.2) is 18.2 Å². The number of piperidine rings is 1. The summed E-state index contributed by atoms with van der Waals surface area (Å²) < 4.78 is 11.1. The molecule has 0 spiro atoms. The van der Waals surface area contributed by atoms with E-state index in [1.165, 1.54) is 0 Å². The van der Waals surface area contributed by atoms with E-state index >= 15 is 0 Å². The van der Waals surface area contributed by atoms with Crippen LogP contribution in [-0.4, -0.2) is 79.3 Å². The summed E-state index contributed by atoms with van der Waals surface area (Å²) in [6.07, 6.45) is 1.71. The number of hydrogen-bond donors (Lipinski definition) is 2. The summed E-state index contributed by atoms with van der Waals surface area (Å²) in [6.45, 7) is 6.78. The molecule has 0 radical (unpaired) electrons. The third kappa shape index (κ3) is 8.08. The fourth-order valence-corrected chi connectivity index (χ4v) is 3.39. The summed E-state index contributed by atoms with van der Waals surface area (Å²) >= 11 is 0. The predicted octanol–water partition coefficient (Wildman–Crippen LogP) is 2.33. The molecule has 1 amide bonds. The Hall–Kier alpha value is -2.03. The maximum absolute atomic E-state index is 12.4. The molecule has 1 fully saturated rings. The van der Waals surface area contributed by atoms with E-state index in [1.54, 1.807) is 18.2 Å². The van der Waals surface area contributed by atoms with Gasteiger partial charge in [-0.05, 0) is 45.9 Å². The second kappa shape index (κ2) is 12.5. The van der Waals surface area contributed by atoms with E-state index < -0.39 is 5.97 Å². The molecule has 0 atom stereocenters. The molecule has 1 aromatic rings. The van der Waals surface area contributed by atoms with Gasteiger partial charge in [0.25, 0.3) is 0 Å². The smallest absolute Gasteiger partial charge is 0.317 e. The zero-order valence-electron chi connectivity index (χ0n) is 17.3. The highest BCUT2D eigenvalue weighted by atomic mass is 35.5. The summed E-state index contributed by atoms with van der Waals surface area (Å²) in [5.41, 5.74) is 0.674. The molecule has 0 saturated carbocycles. The van der Waals surface area contributed by atoms with Crippen molar-refractivity contribution in [2.75, 3.05) is 51.8 Å². The zero-order chi connectivity index (χ0) is 20.5. The van der Waals surface area contributed by atoms with Crippen molar-refractivity contribution in [2.24, 2.45) is 0 Å². The minimum atomic E-state index is -0.814. The number of benzene rings is 1. The number of ether oxygens (including phenoxy) is 2. The van der Waals surface area contributed by atoms with Crippen molar-refractivity contribution >= 4 is 30.0 Å². The Kier molecular flexibility index (Phi) is 10.8. The summed E-state index contributed by atoms with van der Waals surface area (Å²) in [5, 5.41) is 11.8. The molecule has 1 heterocycles. The van der Waals surface area contributed by atoms with Gasteiger partial charge in [0, 0.05) is 30.9 Å². The number of rotatable bonds is 10. The maximum atomic E-state index is 12.4. The molecule has 0 aliphatic carbocycles. The Balaban J connectivity index is 0.00000420. The molecule has 1 aromatic carbocycles.